The third kappa shape index (κ3) is 4.64. The zero-order valence-electron chi connectivity index (χ0n) is 8.91. The van der Waals surface area contributed by atoms with Crippen LogP contribution in [-0.4, -0.2) is 23.9 Å². The molecular weight excluding hydrogens is 194 g/mol. The van der Waals surface area contributed by atoms with E-state index in [4.69, 9.17) is 11.6 Å². The molecule has 78 valence electrons. The molecule has 0 heterocycles. The molecule has 1 rings (SSSR count). The van der Waals surface area contributed by atoms with Crippen molar-refractivity contribution in [2.45, 2.75) is 25.3 Å². The van der Waals surface area contributed by atoms with Gasteiger partial charge in [0.25, 0.3) is 0 Å². The highest BCUT2D eigenvalue weighted by molar-refractivity contribution is 6.20. The van der Waals surface area contributed by atoms with Gasteiger partial charge in [-0.05, 0) is 32.5 Å². The van der Waals surface area contributed by atoms with Gasteiger partial charge in [0.1, 0.15) is 0 Å². The van der Waals surface area contributed by atoms with Gasteiger partial charge in [0, 0.05) is 11.9 Å². The van der Waals surface area contributed by atoms with Crippen LogP contribution in [0.3, 0.4) is 0 Å². The summed E-state index contributed by atoms with van der Waals surface area (Å²) in [5, 5.41) is 0.272. The number of rotatable bonds is 5. The van der Waals surface area contributed by atoms with Crippen molar-refractivity contribution in [1.82, 2.24) is 4.90 Å². The highest BCUT2D eigenvalue weighted by Crippen LogP contribution is 2.05. The van der Waals surface area contributed by atoms with E-state index < -0.39 is 0 Å². The molecule has 1 atom stereocenters. The van der Waals surface area contributed by atoms with Gasteiger partial charge in [-0.3, -0.25) is 0 Å². The van der Waals surface area contributed by atoms with Crippen LogP contribution in [0.1, 0.15) is 18.9 Å². The summed E-state index contributed by atoms with van der Waals surface area (Å²) in [5.41, 5.74) is 1.36. The van der Waals surface area contributed by atoms with Crippen molar-refractivity contribution in [2.75, 3.05) is 13.6 Å². The average molecular weight is 212 g/mol. The van der Waals surface area contributed by atoms with E-state index in [0.29, 0.717) is 0 Å². The standard InChI is InChI=1S/C12H18ClN/c1-11(13)8-9-14(2)10-12-6-4-3-5-7-12/h3-7,11H,8-10H2,1-2H3/t11-/m0/s1. The van der Waals surface area contributed by atoms with E-state index in [0.717, 1.165) is 19.5 Å². The SMILES string of the molecule is C[C@H](Cl)CCN(C)Cc1ccccc1. The van der Waals surface area contributed by atoms with Gasteiger partial charge in [0.2, 0.25) is 0 Å². The maximum absolute atomic E-state index is 5.90. The Morgan fingerprint density at radius 3 is 2.50 bits per heavy atom. The molecular formula is C12H18ClN. The second-order valence-electron chi connectivity index (χ2n) is 3.79. The number of hydrogen-bond donors (Lipinski definition) is 0. The van der Waals surface area contributed by atoms with Crippen LogP contribution in [0.25, 0.3) is 0 Å². The summed E-state index contributed by atoms with van der Waals surface area (Å²) in [7, 11) is 2.13. The predicted molar refractivity (Wildman–Crippen MR) is 62.7 cm³/mol. The molecule has 0 aliphatic heterocycles. The van der Waals surface area contributed by atoms with Gasteiger partial charge in [-0.25, -0.2) is 0 Å². The van der Waals surface area contributed by atoms with Crippen LogP contribution in [0.5, 0.6) is 0 Å². The lowest BCUT2D eigenvalue weighted by molar-refractivity contribution is 0.322. The summed E-state index contributed by atoms with van der Waals surface area (Å²) in [6.45, 7) is 4.10. The highest BCUT2D eigenvalue weighted by Gasteiger charge is 2.01. The molecule has 14 heavy (non-hydrogen) atoms. The van der Waals surface area contributed by atoms with Gasteiger partial charge >= 0.3 is 0 Å². The summed E-state index contributed by atoms with van der Waals surface area (Å²) in [5.74, 6) is 0. The molecule has 1 aromatic carbocycles. The number of nitrogens with zero attached hydrogens (tertiary/aromatic N) is 1. The smallest absolute Gasteiger partial charge is 0.0320 e. The van der Waals surface area contributed by atoms with Crippen molar-refractivity contribution in [3.63, 3.8) is 0 Å². The number of benzene rings is 1. The molecule has 1 aromatic rings. The lowest BCUT2D eigenvalue weighted by Gasteiger charge is -2.17. The Kier molecular flexibility index (Phi) is 4.99. The fourth-order valence-electron chi connectivity index (χ4n) is 1.37. The van der Waals surface area contributed by atoms with Crippen LogP contribution >= 0.6 is 11.6 Å². The molecule has 0 N–H and O–H groups in total. The second kappa shape index (κ2) is 6.05. The number of hydrogen-bond acceptors (Lipinski definition) is 1. The Morgan fingerprint density at radius 2 is 1.93 bits per heavy atom. The van der Waals surface area contributed by atoms with Crippen LogP contribution < -0.4 is 0 Å². The quantitative estimate of drug-likeness (QED) is 0.677. The first-order valence-electron chi connectivity index (χ1n) is 5.05. The molecule has 0 fully saturated rings. The summed E-state index contributed by atoms with van der Waals surface area (Å²) in [4.78, 5) is 2.30. The lowest BCUT2D eigenvalue weighted by atomic mass is 10.2. The van der Waals surface area contributed by atoms with E-state index >= 15 is 0 Å². The van der Waals surface area contributed by atoms with Crippen molar-refractivity contribution < 1.29 is 0 Å². The molecule has 0 unspecified atom stereocenters. The van der Waals surface area contributed by atoms with Gasteiger partial charge in [-0.1, -0.05) is 30.3 Å². The Labute approximate surface area is 91.7 Å². The van der Waals surface area contributed by atoms with Crippen LogP contribution in [-0.2, 0) is 6.54 Å². The van der Waals surface area contributed by atoms with Crippen LogP contribution in [0.2, 0.25) is 0 Å². The molecule has 1 nitrogen and oxygen atoms in total. The predicted octanol–water partition coefficient (Wildman–Crippen LogP) is 3.14. The molecule has 0 spiro atoms. The Bertz CT molecular complexity index is 246. The minimum absolute atomic E-state index is 0.272. The van der Waals surface area contributed by atoms with Gasteiger partial charge in [0.05, 0.1) is 0 Å². The fraction of sp³-hybridized carbons (Fsp3) is 0.500. The van der Waals surface area contributed by atoms with Crippen LogP contribution in [0, 0.1) is 0 Å². The van der Waals surface area contributed by atoms with E-state index in [-0.39, 0.29) is 5.38 Å². The van der Waals surface area contributed by atoms with E-state index in [1.54, 1.807) is 0 Å². The monoisotopic (exact) mass is 211 g/mol. The zero-order valence-corrected chi connectivity index (χ0v) is 9.67. The van der Waals surface area contributed by atoms with E-state index in [2.05, 4.69) is 36.2 Å². The fourth-order valence-corrected chi connectivity index (χ4v) is 1.47. The van der Waals surface area contributed by atoms with Crippen molar-refractivity contribution in [2.24, 2.45) is 0 Å². The molecule has 0 aliphatic carbocycles. The third-order valence-electron chi connectivity index (χ3n) is 2.20. The Hall–Kier alpha value is -0.530. The largest absolute Gasteiger partial charge is 0.302 e. The first-order valence-corrected chi connectivity index (χ1v) is 5.48. The van der Waals surface area contributed by atoms with Gasteiger partial charge < -0.3 is 4.90 Å². The molecule has 0 aromatic heterocycles. The molecule has 0 radical (unpaired) electrons. The molecule has 0 aliphatic rings. The first-order chi connectivity index (χ1) is 6.68. The summed E-state index contributed by atoms with van der Waals surface area (Å²) >= 11 is 5.90. The van der Waals surface area contributed by atoms with Crippen molar-refractivity contribution in [3.05, 3.63) is 35.9 Å². The van der Waals surface area contributed by atoms with E-state index in [9.17, 15) is 0 Å². The van der Waals surface area contributed by atoms with Crippen molar-refractivity contribution in [3.8, 4) is 0 Å². The van der Waals surface area contributed by atoms with Crippen molar-refractivity contribution >= 4 is 11.6 Å². The maximum Gasteiger partial charge on any atom is 0.0320 e. The Balaban J connectivity index is 2.30. The average Bonchev–Trinajstić information content (AvgIpc) is 2.16. The summed E-state index contributed by atoms with van der Waals surface area (Å²) in [6, 6.07) is 10.5. The zero-order chi connectivity index (χ0) is 10.4. The van der Waals surface area contributed by atoms with Gasteiger partial charge in [-0.15, -0.1) is 11.6 Å². The first kappa shape index (κ1) is 11.5. The summed E-state index contributed by atoms with van der Waals surface area (Å²) in [6.07, 6.45) is 1.05. The van der Waals surface area contributed by atoms with Crippen LogP contribution in [0.15, 0.2) is 30.3 Å². The highest BCUT2D eigenvalue weighted by atomic mass is 35.5. The normalized spacial score (nSPS) is 13.1. The van der Waals surface area contributed by atoms with Gasteiger partial charge in [0.15, 0.2) is 0 Å². The maximum atomic E-state index is 5.90. The molecule has 0 saturated carbocycles. The topological polar surface area (TPSA) is 3.24 Å². The Morgan fingerprint density at radius 1 is 1.29 bits per heavy atom. The third-order valence-corrected chi connectivity index (χ3v) is 2.42. The number of alkyl halides is 1. The minimum Gasteiger partial charge on any atom is -0.302 e. The van der Waals surface area contributed by atoms with E-state index in [1.807, 2.05) is 13.0 Å². The van der Waals surface area contributed by atoms with Crippen LogP contribution in [0.4, 0.5) is 0 Å². The molecule has 0 amide bonds. The molecule has 2 heteroatoms. The second-order valence-corrected chi connectivity index (χ2v) is 4.54. The number of halogens is 1. The molecule has 0 saturated heterocycles. The van der Waals surface area contributed by atoms with Crippen molar-refractivity contribution in [1.29, 1.82) is 0 Å². The lowest BCUT2D eigenvalue weighted by Crippen LogP contribution is -2.20. The minimum atomic E-state index is 0.272. The van der Waals surface area contributed by atoms with E-state index in [1.165, 1.54) is 5.56 Å². The van der Waals surface area contributed by atoms with Gasteiger partial charge in [-0.2, -0.15) is 0 Å². The summed E-state index contributed by atoms with van der Waals surface area (Å²) < 4.78 is 0. The molecule has 0 bridgehead atoms.